The lowest BCUT2D eigenvalue weighted by Crippen LogP contribution is -2.20. The van der Waals surface area contributed by atoms with Gasteiger partial charge in [0.25, 0.3) is 0 Å². The minimum absolute atomic E-state index is 0.0854. The number of aromatic nitrogens is 5. The summed E-state index contributed by atoms with van der Waals surface area (Å²) >= 11 is 5.82. The van der Waals surface area contributed by atoms with Crippen molar-refractivity contribution in [3.8, 4) is 5.95 Å². The van der Waals surface area contributed by atoms with Crippen LogP contribution in [0, 0.1) is 0 Å². The first-order valence-electron chi connectivity index (χ1n) is 5.51. The van der Waals surface area contributed by atoms with Gasteiger partial charge in [-0.05, 0) is 18.0 Å². The van der Waals surface area contributed by atoms with E-state index >= 15 is 0 Å². The third kappa shape index (κ3) is 3.14. The fourth-order valence-electron chi connectivity index (χ4n) is 1.27. The summed E-state index contributed by atoms with van der Waals surface area (Å²) in [6.07, 6.45) is 5.09. The molecule has 0 aliphatic carbocycles. The van der Waals surface area contributed by atoms with E-state index in [9.17, 15) is 5.11 Å². The number of aliphatic hydroxyl groups is 1. The lowest BCUT2D eigenvalue weighted by molar-refractivity contribution is 0.183. The van der Waals surface area contributed by atoms with E-state index in [0.717, 1.165) is 0 Å². The fourth-order valence-corrected chi connectivity index (χ4v) is 1.42. The van der Waals surface area contributed by atoms with E-state index in [0.29, 0.717) is 24.9 Å². The van der Waals surface area contributed by atoms with Gasteiger partial charge in [-0.1, -0.05) is 6.92 Å². The van der Waals surface area contributed by atoms with Crippen molar-refractivity contribution in [1.82, 2.24) is 24.5 Å². The van der Waals surface area contributed by atoms with Gasteiger partial charge in [0, 0.05) is 18.9 Å². The van der Waals surface area contributed by atoms with Gasteiger partial charge in [-0.25, -0.2) is 4.98 Å². The second-order valence-electron chi connectivity index (χ2n) is 3.64. The molecule has 0 saturated carbocycles. The van der Waals surface area contributed by atoms with Crippen LogP contribution in [0.3, 0.4) is 0 Å². The molecule has 0 aliphatic heterocycles. The van der Waals surface area contributed by atoms with Crippen LogP contribution in [0.1, 0.15) is 13.3 Å². The second-order valence-corrected chi connectivity index (χ2v) is 3.98. The summed E-state index contributed by atoms with van der Waals surface area (Å²) in [5.74, 6) is 0.701. The van der Waals surface area contributed by atoms with Crippen molar-refractivity contribution in [2.24, 2.45) is 0 Å². The van der Waals surface area contributed by atoms with Crippen molar-refractivity contribution in [2.45, 2.75) is 19.4 Å². The highest BCUT2D eigenvalue weighted by atomic mass is 35.5. The zero-order valence-corrected chi connectivity index (χ0v) is 10.5. The maximum absolute atomic E-state index is 9.46. The first kappa shape index (κ1) is 12.7. The number of hydrogen-bond acceptors (Lipinski definition) is 6. The van der Waals surface area contributed by atoms with Crippen LogP contribution < -0.4 is 5.32 Å². The molecule has 2 aromatic rings. The van der Waals surface area contributed by atoms with Crippen molar-refractivity contribution >= 4 is 17.5 Å². The van der Waals surface area contributed by atoms with Gasteiger partial charge in [0.1, 0.15) is 6.33 Å². The molecule has 1 unspecified atom stereocenters. The SMILES string of the molecule is CCC(O)CNc1nc(Cl)nc(-n2ccnc2)n1. The molecule has 2 heterocycles. The summed E-state index contributed by atoms with van der Waals surface area (Å²) in [4.78, 5) is 16.0. The summed E-state index contributed by atoms with van der Waals surface area (Å²) in [6, 6.07) is 0. The van der Waals surface area contributed by atoms with E-state index in [-0.39, 0.29) is 5.28 Å². The maximum Gasteiger partial charge on any atom is 0.241 e. The molecule has 7 nitrogen and oxygen atoms in total. The van der Waals surface area contributed by atoms with Gasteiger partial charge in [-0.15, -0.1) is 0 Å². The number of aliphatic hydroxyl groups excluding tert-OH is 1. The van der Waals surface area contributed by atoms with Gasteiger partial charge in [-0.2, -0.15) is 15.0 Å². The third-order valence-electron chi connectivity index (χ3n) is 2.30. The van der Waals surface area contributed by atoms with Crippen molar-refractivity contribution in [2.75, 3.05) is 11.9 Å². The first-order valence-corrected chi connectivity index (χ1v) is 5.88. The normalized spacial score (nSPS) is 12.4. The number of halogens is 1. The molecular weight excluding hydrogens is 256 g/mol. The Kier molecular flexibility index (Phi) is 4.06. The molecule has 18 heavy (non-hydrogen) atoms. The predicted molar refractivity (Wildman–Crippen MR) is 66.7 cm³/mol. The predicted octanol–water partition coefficient (Wildman–Crippen LogP) is 0.893. The molecule has 2 rings (SSSR count). The molecular formula is C10H13ClN6O. The Morgan fingerprint density at radius 2 is 2.28 bits per heavy atom. The van der Waals surface area contributed by atoms with Gasteiger partial charge in [-0.3, -0.25) is 4.57 Å². The molecule has 0 spiro atoms. The number of nitrogens with zero attached hydrogens (tertiary/aromatic N) is 5. The highest BCUT2D eigenvalue weighted by molar-refractivity contribution is 6.28. The first-order chi connectivity index (χ1) is 8.69. The number of imidazole rings is 1. The van der Waals surface area contributed by atoms with Crippen molar-refractivity contribution in [3.63, 3.8) is 0 Å². The molecule has 0 fully saturated rings. The minimum Gasteiger partial charge on any atom is -0.391 e. The van der Waals surface area contributed by atoms with E-state index < -0.39 is 6.10 Å². The Bertz CT molecular complexity index is 503. The quantitative estimate of drug-likeness (QED) is 0.837. The zero-order chi connectivity index (χ0) is 13.0. The Labute approximate surface area is 109 Å². The summed E-state index contributed by atoms with van der Waals surface area (Å²) in [5, 5.41) is 12.5. The minimum atomic E-state index is -0.447. The largest absolute Gasteiger partial charge is 0.391 e. The Morgan fingerprint density at radius 3 is 2.94 bits per heavy atom. The Morgan fingerprint density at radius 1 is 1.44 bits per heavy atom. The lowest BCUT2D eigenvalue weighted by Gasteiger charge is -2.10. The smallest absolute Gasteiger partial charge is 0.241 e. The molecule has 0 aliphatic rings. The van der Waals surface area contributed by atoms with Crippen LogP contribution in [-0.4, -0.2) is 42.3 Å². The fraction of sp³-hybridized carbons (Fsp3) is 0.400. The molecule has 0 aromatic carbocycles. The average Bonchev–Trinajstić information content (AvgIpc) is 2.89. The number of hydrogen-bond donors (Lipinski definition) is 2. The lowest BCUT2D eigenvalue weighted by atomic mass is 10.3. The second kappa shape index (κ2) is 5.74. The molecule has 0 bridgehead atoms. The van der Waals surface area contributed by atoms with E-state index in [1.807, 2.05) is 6.92 Å². The third-order valence-corrected chi connectivity index (χ3v) is 2.47. The van der Waals surface area contributed by atoms with Crippen LogP contribution in [0.15, 0.2) is 18.7 Å². The van der Waals surface area contributed by atoms with Gasteiger partial charge >= 0.3 is 0 Å². The van der Waals surface area contributed by atoms with Crippen LogP contribution in [0.4, 0.5) is 5.95 Å². The average molecular weight is 269 g/mol. The van der Waals surface area contributed by atoms with E-state index in [1.54, 1.807) is 23.3 Å². The van der Waals surface area contributed by atoms with Gasteiger partial charge in [0.15, 0.2) is 0 Å². The van der Waals surface area contributed by atoms with Crippen LogP contribution >= 0.6 is 11.6 Å². The van der Waals surface area contributed by atoms with E-state index in [1.165, 1.54) is 0 Å². The number of nitrogens with one attached hydrogen (secondary N) is 1. The summed E-state index contributed by atoms with van der Waals surface area (Å²) in [5.41, 5.74) is 0. The molecule has 2 N–H and O–H groups in total. The molecule has 1 atom stereocenters. The van der Waals surface area contributed by atoms with E-state index in [4.69, 9.17) is 11.6 Å². The monoisotopic (exact) mass is 268 g/mol. The maximum atomic E-state index is 9.46. The highest BCUT2D eigenvalue weighted by Gasteiger charge is 2.07. The van der Waals surface area contributed by atoms with Crippen LogP contribution in [0.25, 0.3) is 5.95 Å². The van der Waals surface area contributed by atoms with Gasteiger partial charge in [0.05, 0.1) is 6.10 Å². The zero-order valence-electron chi connectivity index (χ0n) is 9.78. The molecule has 0 saturated heterocycles. The van der Waals surface area contributed by atoms with Crippen molar-refractivity contribution in [3.05, 3.63) is 24.0 Å². The van der Waals surface area contributed by atoms with Crippen molar-refractivity contribution < 1.29 is 5.11 Å². The van der Waals surface area contributed by atoms with E-state index in [2.05, 4.69) is 25.3 Å². The Balaban J connectivity index is 2.17. The number of anilines is 1. The van der Waals surface area contributed by atoms with Crippen LogP contribution in [0.5, 0.6) is 0 Å². The van der Waals surface area contributed by atoms with Crippen molar-refractivity contribution in [1.29, 1.82) is 0 Å². The standard InChI is InChI=1S/C10H13ClN6O/c1-2-7(18)5-13-9-14-8(11)15-10(16-9)17-4-3-12-6-17/h3-4,6-7,18H,2,5H2,1H3,(H,13,14,15,16). The van der Waals surface area contributed by atoms with Gasteiger partial charge in [0.2, 0.25) is 17.2 Å². The van der Waals surface area contributed by atoms with Crippen LogP contribution in [-0.2, 0) is 0 Å². The number of rotatable bonds is 5. The molecule has 0 amide bonds. The topological polar surface area (TPSA) is 88.8 Å². The highest BCUT2D eigenvalue weighted by Crippen LogP contribution is 2.09. The molecule has 2 aromatic heterocycles. The molecule has 0 radical (unpaired) electrons. The molecule has 96 valence electrons. The summed E-state index contributed by atoms with van der Waals surface area (Å²) in [7, 11) is 0. The summed E-state index contributed by atoms with van der Waals surface area (Å²) < 4.78 is 1.62. The molecule has 8 heteroatoms. The summed E-state index contributed by atoms with van der Waals surface area (Å²) in [6.45, 7) is 2.25. The Hall–Kier alpha value is -1.73. The van der Waals surface area contributed by atoms with Gasteiger partial charge < -0.3 is 10.4 Å². The van der Waals surface area contributed by atoms with Crippen LogP contribution in [0.2, 0.25) is 5.28 Å².